The molecule has 0 atom stereocenters. The van der Waals surface area contributed by atoms with Crippen molar-refractivity contribution in [2.24, 2.45) is 5.73 Å². The molecule has 0 heterocycles. The van der Waals surface area contributed by atoms with Gasteiger partial charge >= 0.3 is 0 Å². The zero-order valence-corrected chi connectivity index (χ0v) is 6.38. The number of carbonyl (C=O) groups excluding carboxylic acids is 2. The van der Waals surface area contributed by atoms with Gasteiger partial charge < -0.3 is 5.73 Å². The number of aldehydes is 1. The van der Waals surface area contributed by atoms with Crippen LogP contribution in [-0.4, -0.2) is 12.2 Å². The van der Waals surface area contributed by atoms with Crippen molar-refractivity contribution >= 4 is 12.2 Å². The van der Waals surface area contributed by atoms with Gasteiger partial charge in [-0.15, -0.1) is 0 Å². The first-order chi connectivity index (χ1) is 6.06. The van der Waals surface area contributed by atoms with Crippen molar-refractivity contribution in [3.8, 4) is 0 Å². The first kappa shape index (κ1) is 9.31. The van der Waals surface area contributed by atoms with Crippen molar-refractivity contribution < 1.29 is 18.4 Å². The molecule has 0 radical (unpaired) electrons. The number of rotatable bonds is 2. The van der Waals surface area contributed by atoms with Gasteiger partial charge in [-0.25, -0.2) is 8.78 Å². The smallest absolute Gasteiger partial charge is 0.251 e. The van der Waals surface area contributed by atoms with Crippen LogP contribution in [0.1, 0.15) is 20.7 Å². The molecule has 0 saturated heterocycles. The van der Waals surface area contributed by atoms with Crippen LogP contribution in [0.25, 0.3) is 0 Å². The quantitative estimate of drug-likeness (QED) is 0.695. The lowest BCUT2D eigenvalue weighted by molar-refractivity contribution is 0.0996. The number of hydrogen-bond acceptors (Lipinski definition) is 2. The van der Waals surface area contributed by atoms with E-state index >= 15 is 0 Å². The lowest BCUT2D eigenvalue weighted by Crippen LogP contribution is -2.14. The second-order valence-corrected chi connectivity index (χ2v) is 2.34. The summed E-state index contributed by atoms with van der Waals surface area (Å²) >= 11 is 0. The molecular weight excluding hydrogens is 180 g/mol. The summed E-state index contributed by atoms with van der Waals surface area (Å²) in [5.41, 5.74) is 3.88. The Morgan fingerprint density at radius 2 is 1.92 bits per heavy atom. The van der Waals surface area contributed by atoms with E-state index in [4.69, 9.17) is 5.73 Å². The Morgan fingerprint density at radius 1 is 1.31 bits per heavy atom. The van der Waals surface area contributed by atoms with Gasteiger partial charge in [0.05, 0.1) is 11.1 Å². The fraction of sp³-hybridized carbons (Fsp3) is 0. The predicted molar refractivity (Wildman–Crippen MR) is 40.3 cm³/mol. The summed E-state index contributed by atoms with van der Waals surface area (Å²) in [6, 6.07) is 1.23. The number of halogens is 2. The summed E-state index contributed by atoms with van der Waals surface area (Å²) in [4.78, 5) is 20.7. The zero-order valence-electron chi connectivity index (χ0n) is 6.38. The fourth-order valence-electron chi connectivity index (χ4n) is 0.845. The van der Waals surface area contributed by atoms with E-state index in [2.05, 4.69) is 0 Å². The summed E-state index contributed by atoms with van der Waals surface area (Å²) in [7, 11) is 0. The van der Waals surface area contributed by atoms with E-state index in [-0.39, 0.29) is 6.29 Å². The lowest BCUT2D eigenvalue weighted by atomic mass is 10.1. The average molecular weight is 185 g/mol. The Labute approximate surface area is 72.2 Å². The highest BCUT2D eigenvalue weighted by atomic mass is 19.1. The highest BCUT2D eigenvalue weighted by Crippen LogP contribution is 2.12. The van der Waals surface area contributed by atoms with Crippen LogP contribution in [0, 0.1) is 11.6 Å². The van der Waals surface area contributed by atoms with Crippen molar-refractivity contribution in [2.45, 2.75) is 0 Å². The Kier molecular flexibility index (Phi) is 2.36. The van der Waals surface area contributed by atoms with Crippen molar-refractivity contribution in [3.63, 3.8) is 0 Å². The molecule has 1 aromatic carbocycles. The molecule has 0 fully saturated rings. The molecule has 0 aliphatic carbocycles. The number of hydrogen-bond donors (Lipinski definition) is 1. The van der Waals surface area contributed by atoms with Gasteiger partial charge in [-0.1, -0.05) is 0 Å². The number of nitrogens with two attached hydrogens (primary N) is 1. The van der Waals surface area contributed by atoms with E-state index in [0.29, 0.717) is 6.07 Å². The maximum Gasteiger partial charge on any atom is 0.251 e. The van der Waals surface area contributed by atoms with Crippen molar-refractivity contribution in [1.29, 1.82) is 0 Å². The molecule has 0 spiro atoms. The maximum atomic E-state index is 12.8. The summed E-state index contributed by atoms with van der Waals surface area (Å²) in [5.74, 6) is -3.13. The van der Waals surface area contributed by atoms with Crippen LogP contribution in [-0.2, 0) is 0 Å². The lowest BCUT2D eigenvalue weighted by Gasteiger charge is -2.00. The second-order valence-electron chi connectivity index (χ2n) is 2.34. The molecule has 3 nitrogen and oxygen atoms in total. The van der Waals surface area contributed by atoms with Gasteiger partial charge in [-0.3, -0.25) is 9.59 Å². The predicted octanol–water partition coefficient (Wildman–Crippen LogP) is 0.876. The van der Waals surface area contributed by atoms with Gasteiger partial charge in [-0.2, -0.15) is 0 Å². The monoisotopic (exact) mass is 185 g/mol. The third-order valence-corrected chi connectivity index (χ3v) is 1.48. The largest absolute Gasteiger partial charge is 0.366 e. The minimum atomic E-state index is -1.07. The van der Waals surface area contributed by atoms with E-state index < -0.39 is 28.7 Å². The van der Waals surface area contributed by atoms with Gasteiger partial charge in [-0.05, 0) is 6.07 Å². The Bertz CT molecular complexity index is 377. The second kappa shape index (κ2) is 3.30. The highest BCUT2D eigenvalue weighted by molar-refractivity contribution is 5.94. The zero-order chi connectivity index (χ0) is 10.0. The van der Waals surface area contributed by atoms with E-state index in [0.717, 1.165) is 6.07 Å². The summed E-state index contributed by atoms with van der Waals surface area (Å²) < 4.78 is 25.4. The molecule has 1 rings (SSSR count). The molecule has 0 aliphatic rings. The number of primary amides is 1. The van der Waals surface area contributed by atoms with Gasteiger partial charge in [0.2, 0.25) is 0 Å². The molecule has 2 N–H and O–H groups in total. The topological polar surface area (TPSA) is 60.2 Å². The van der Waals surface area contributed by atoms with Crippen LogP contribution in [0.15, 0.2) is 12.1 Å². The Hall–Kier alpha value is -1.78. The number of amides is 1. The molecule has 0 bridgehead atoms. The standard InChI is InChI=1S/C8H5F2NO2/c9-6-2-7(10)5(8(11)13)1-4(6)3-12/h1-3H,(H2,11,13). The van der Waals surface area contributed by atoms with E-state index in [9.17, 15) is 18.4 Å². The van der Waals surface area contributed by atoms with Gasteiger partial charge in [0.15, 0.2) is 6.29 Å². The number of carbonyl (C=O) groups is 2. The highest BCUT2D eigenvalue weighted by Gasteiger charge is 2.12. The van der Waals surface area contributed by atoms with Crippen molar-refractivity contribution in [3.05, 3.63) is 34.9 Å². The van der Waals surface area contributed by atoms with Crippen LogP contribution < -0.4 is 5.73 Å². The third kappa shape index (κ3) is 1.69. The first-order valence-corrected chi connectivity index (χ1v) is 3.30. The fourth-order valence-corrected chi connectivity index (χ4v) is 0.845. The average Bonchev–Trinajstić information content (AvgIpc) is 2.03. The van der Waals surface area contributed by atoms with Crippen molar-refractivity contribution in [1.82, 2.24) is 0 Å². The normalized spacial score (nSPS) is 9.69. The molecule has 0 aromatic heterocycles. The molecule has 68 valence electrons. The van der Waals surface area contributed by atoms with Gasteiger partial charge in [0, 0.05) is 6.07 Å². The molecule has 13 heavy (non-hydrogen) atoms. The molecular formula is C8H5F2NO2. The summed E-state index contributed by atoms with van der Waals surface area (Å²) in [5, 5.41) is 0. The SMILES string of the molecule is NC(=O)c1cc(C=O)c(F)cc1F. The van der Waals surface area contributed by atoms with Gasteiger partial charge in [0.25, 0.3) is 5.91 Å². The Balaban J connectivity index is 3.38. The Morgan fingerprint density at radius 3 is 2.38 bits per heavy atom. The summed E-state index contributed by atoms with van der Waals surface area (Å²) in [6.45, 7) is 0. The molecule has 5 heteroatoms. The van der Waals surface area contributed by atoms with Crippen LogP contribution in [0.3, 0.4) is 0 Å². The van der Waals surface area contributed by atoms with Gasteiger partial charge in [0.1, 0.15) is 11.6 Å². The van der Waals surface area contributed by atoms with Crippen LogP contribution in [0.5, 0.6) is 0 Å². The number of benzene rings is 1. The molecule has 0 saturated carbocycles. The van der Waals surface area contributed by atoms with E-state index in [1.807, 2.05) is 0 Å². The molecule has 0 aliphatic heterocycles. The van der Waals surface area contributed by atoms with Crippen LogP contribution >= 0.6 is 0 Å². The van der Waals surface area contributed by atoms with Crippen LogP contribution in [0.2, 0.25) is 0 Å². The minimum Gasteiger partial charge on any atom is -0.366 e. The first-order valence-electron chi connectivity index (χ1n) is 3.30. The van der Waals surface area contributed by atoms with Crippen molar-refractivity contribution in [2.75, 3.05) is 0 Å². The third-order valence-electron chi connectivity index (χ3n) is 1.48. The van der Waals surface area contributed by atoms with E-state index in [1.54, 1.807) is 0 Å². The maximum absolute atomic E-state index is 12.8. The summed E-state index contributed by atoms with van der Waals surface area (Å²) in [6.07, 6.45) is 0.182. The molecule has 1 amide bonds. The molecule has 0 unspecified atom stereocenters. The van der Waals surface area contributed by atoms with E-state index in [1.165, 1.54) is 0 Å². The molecule has 1 aromatic rings. The minimum absolute atomic E-state index is 0.182. The van der Waals surface area contributed by atoms with Crippen LogP contribution in [0.4, 0.5) is 8.78 Å².